The van der Waals surface area contributed by atoms with Crippen LogP contribution in [0.2, 0.25) is 0 Å². The van der Waals surface area contributed by atoms with Gasteiger partial charge in [-0.1, -0.05) is 25.1 Å². The third-order valence-corrected chi connectivity index (χ3v) is 5.33. The Kier molecular flexibility index (Phi) is 5.72. The van der Waals surface area contributed by atoms with Crippen molar-refractivity contribution in [2.75, 3.05) is 13.1 Å². The average molecular weight is 376 g/mol. The molecule has 0 saturated carbocycles. The molecule has 1 aliphatic heterocycles. The molecular weight excluding hydrogens is 351 g/mol. The Bertz CT molecular complexity index is 926. The van der Waals surface area contributed by atoms with E-state index in [9.17, 15) is 4.39 Å². The fraction of sp³-hybridized carbons (Fsp3) is 0.348. The van der Waals surface area contributed by atoms with Crippen LogP contribution in [0.25, 0.3) is 11.3 Å². The number of pyridine rings is 1. The fourth-order valence-corrected chi connectivity index (χ4v) is 3.84. The molecule has 0 radical (unpaired) electrons. The van der Waals surface area contributed by atoms with E-state index >= 15 is 0 Å². The molecule has 4 rings (SSSR count). The topological polar surface area (TPSA) is 41.9 Å². The first-order valence-corrected chi connectivity index (χ1v) is 9.97. The van der Waals surface area contributed by atoms with Crippen molar-refractivity contribution in [3.05, 3.63) is 77.8 Å². The van der Waals surface area contributed by atoms with Gasteiger partial charge in [0.1, 0.15) is 11.6 Å². The summed E-state index contributed by atoms with van der Waals surface area (Å²) in [6, 6.07) is 12.8. The van der Waals surface area contributed by atoms with E-state index in [4.69, 9.17) is 4.98 Å². The molecule has 0 spiro atoms. The Morgan fingerprint density at radius 2 is 1.89 bits per heavy atom. The van der Waals surface area contributed by atoms with Crippen LogP contribution in [0.4, 0.5) is 4.39 Å². The van der Waals surface area contributed by atoms with Crippen molar-refractivity contribution in [3.8, 4) is 11.3 Å². The number of benzene rings is 1. The number of aryl methyl sites for hydroxylation is 1. The van der Waals surface area contributed by atoms with E-state index in [0.717, 1.165) is 56.0 Å². The number of likely N-dealkylation sites (tertiary alicyclic amines) is 1. The van der Waals surface area contributed by atoms with Crippen molar-refractivity contribution in [3.63, 3.8) is 0 Å². The summed E-state index contributed by atoms with van der Waals surface area (Å²) in [6.45, 7) is 4.93. The van der Waals surface area contributed by atoms with Gasteiger partial charge in [0.05, 0.1) is 5.69 Å². The van der Waals surface area contributed by atoms with E-state index in [2.05, 4.69) is 27.9 Å². The van der Waals surface area contributed by atoms with Gasteiger partial charge in [-0.2, -0.15) is 0 Å². The zero-order chi connectivity index (χ0) is 19.3. The molecule has 0 N–H and O–H groups in total. The van der Waals surface area contributed by atoms with Gasteiger partial charge in [-0.05, 0) is 43.7 Å². The largest absolute Gasteiger partial charge is 0.298 e. The van der Waals surface area contributed by atoms with E-state index < -0.39 is 0 Å². The van der Waals surface area contributed by atoms with Crippen LogP contribution in [0, 0.1) is 5.82 Å². The van der Waals surface area contributed by atoms with Gasteiger partial charge in [0, 0.05) is 54.6 Å². The molecule has 144 valence electrons. The second-order valence-electron chi connectivity index (χ2n) is 7.36. The second-order valence-corrected chi connectivity index (χ2v) is 7.36. The maximum absolute atomic E-state index is 14.1. The fourth-order valence-electron chi connectivity index (χ4n) is 3.84. The first-order chi connectivity index (χ1) is 13.7. The van der Waals surface area contributed by atoms with Crippen LogP contribution in [0.3, 0.4) is 0 Å². The SMILES string of the molecule is CCc1ncc(CN2CCCC(c3cccc(-c4ccccc4F)n3)C2)cn1. The first kappa shape index (κ1) is 18.7. The van der Waals surface area contributed by atoms with Crippen molar-refractivity contribution in [1.82, 2.24) is 19.9 Å². The summed E-state index contributed by atoms with van der Waals surface area (Å²) in [5, 5.41) is 0. The molecule has 1 atom stereocenters. The summed E-state index contributed by atoms with van der Waals surface area (Å²) >= 11 is 0. The predicted molar refractivity (Wildman–Crippen MR) is 108 cm³/mol. The Balaban J connectivity index is 1.48. The van der Waals surface area contributed by atoms with Crippen LogP contribution in [0.15, 0.2) is 54.9 Å². The van der Waals surface area contributed by atoms with Gasteiger partial charge in [0.2, 0.25) is 0 Å². The van der Waals surface area contributed by atoms with Crippen LogP contribution in [0.1, 0.15) is 42.8 Å². The monoisotopic (exact) mass is 376 g/mol. The Morgan fingerprint density at radius 1 is 1.07 bits per heavy atom. The first-order valence-electron chi connectivity index (χ1n) is 9.97. The standard InChI is InChI=1S/C23H25FN4/c1-2-23-25-13-17(14-26-23)15-28-12-6-7-18(16-28)21-10-5-11-22(27-21)19-8-3-4-9-20(19)24/h3-5,8-11,13-14,18H,2,6-7,12,15-16H2,1H3. The Morgan fingerprint density at radius 3 is 2.68 bits per heavy atom. The molecule has 3 heterocycles. The smallest absolute Gasteiger partial charge is 0.132 e. The van der Waals surface area contributed by atoms with E-state index in [-0.39, 0.29) is 5.82 Å². The molecule has 0 bridgehead atoms. The van der Waals surface area contributed by atoms with Gasteiger partial charge in [-0.15, -0.1) is 0 Å². The molecule has 1 saturated heterocycles. The van der Waals surface area contributed by atoms with Crippen LogP contribution >= 0.6 is 0 Å². The highest BCUT2D eigenvalue weighted by Crippen LogP contribution is 2.29. The molecule has 5 heteroatoms. The summed E-state index contributed by atoms with van der Waals surface area (Å²) in [5.74, 6) is 1.01. The average Bonchev–Trinajstić information content (AvgIpc) is 2.75. The van der Waals surface area contributed by atoms with Gasteiger partial charge < -0.3 is 0 Å². The van der Waals surface area contributed by atoms with Crippen molar-refractivity contribution in [2.24, 2.45) is 0 Å². The molecule has 1 aromatic carbocycles. The summed E-state index contributed by atoms with van der Waals surface area (Å²) < 4.78 is 14.1. The molecule has 2 aromatic heterocycles. The quantitative estimate of drug-likeness (QED) is 0.652. The van der Waals surface area contributed by atoms with Gasteiger partial charge in [-0.3, -0.25) is 9.88 Å². The Labute approximate surface area is 165 Å². The molecule has 4 nitrogen and oxygen atoms in total. The van der Waals surface area contributed by atoms with Crippen molar-refractivity contribution in [2.45, 2.75) is 38.6 Å². The van der Waals surface area contributed by atoms with E-state index in [1.54, 1.807) is 12.1 Å². The van der Waals surface area contributed by atoms with Crippen LogP contribution < -0.4 is 0 Å². The molecule has 1 unspecified atom stereocenters. The van der Waals surface area contributed by atoms with E-state index in [1.165, 1.54) is 6.07 Å². The Hall–Kier alpha value is -2.66. The minimum absolute atomic E-state index is 0.229. The summed E-state index contributed by atoms with van der Waals surface area (Å²) in [7, 11) is 0. The van der Waals surface area contributed by atoms with Gasteiger partial charge >= 0.3 is 0 Å². The van der Waals surface area contributed by atoms with E-state index in [1.807, 2.05) is 30.6 Å². The number of halogens is 1. The lowest BCUT2D eigenvalue weighted by Gasteiger charge is -2.32. The number of nitrogens with zero attached hydrogens (tertiary/aromatic N) is 4. The van der Waals surface area contributed by atoms with Gasteiger partial charge in [0.15, 0.2) is 0 Å². The number of rotatable bonds is 5. The second kappa shape index (κ2) is 8.57. The van der Waals surface area contributed by atoms with Crippen LogP contribution in [-0.4, -0.2) is 32.9 Å². The van der Waals surface area contributed by atoms with Crippen LogP contribution in [0.5, 0.6) is 0 Å². The highest BCUT2D eigenvalue weighted by Gasteiger charge is 2.23. The summed E-state index contributed by atoms with van der Waals surface area (Å²) in [6.07, 6.45) is 6.97. The summed E-state index contributed by atoms with van der Waals surface area (Å²) in [4.78, 5) is 16.1. The number of aromatic nitrogens is 3. The lowest BCUT2D eigenvalue weighted by Crippen LogP contribution is -2.34. The zero-order valence-corrected chi connectivity index (χ0v) is 16.2. The maximum Gasteiger partial charge on any atom is 0.132 e. The van der Waals surface area contributed by atoms with Crippen LogP contribution in [-0.2, 0) is 13.0 Å². The maximum atomic E-state index is 14.1. The number of piperidine rings is 1. The normalized spacial score (nSPS) is 17.6. The molecule has 1 fully saturated rings. The van der Waals surface area contributed by atoms with E-state index in [0.29, 0.717) is 17.2 Å². The van der Waals surface area contributed by atoms with Crippen molar-refractivity contribution < 1.29 is 4.39 Å². The highest BCUT2D eigenvalue weighted by molar-refractivity contribution is 5.59. The van der Waals surface area contributed by atoms with Gasteiger partial charge in [-0.25, -0.2) is 14.4 Å². The third kappa shape index (κ3) is 4.25. The molecule has 3 aromatic rings. The molecule has 1 aliphatic rings. The number of hydrogen-bond donors (Lipinski definition) is 0. The molecule has 0 aliphatic carbocycles. The predicted octanol–water partition coefficient (Wildman–Crippen LogP) is 4.62. The highest BCUT2D eigenvalue weighted by atomic mass is 19.1. The third-order valence-electron chi connectivity index (χ3n) is 5.33. The van der Waals surface area contributed by atoms with Crippen molar-refractivity contribution >= 4 is 0 Å². The number of hydrogen-bond acceptors (Lipinski definition) is 4. The minimum atomic E-state index is -0.229. The lowest BCUT2D eigenvalue weighted by atomic mass is 9.93. The molecule has 28 heavy (non-hydrogen) atoms. The summed E-state index contributed by atoms with van der Waals surface area (Å²) in [5.41, 5.74) is 3.45. The van der Waals surface area contributed by atoms with Gasteiger partial charge in [0.25, 0.3) is 0 Å². The minimum Gasteiger partial charge on any atom is -0.298 e. The lowest BCUT2D eigenvalue weighted by molar-refractivity contribution is 0.198. The zero-order valence-electron chi connectivity index (χ0n) is 16.2. The van der Waals surface area contributed by atoms with Crippen molar-refractivity contribution in [1.29, 1.82) is 0 Å². The molecule has 0 amide bonds. The molecular formula is C23H25FN4.